The van der Waals surface area contributed by atoms with Gasteiger partial charge in [0.15, 0.2) is 0 Å². The second kappa shape index (κ2) is 9.74. The fraction of sp³-hybridized carbons (Fsp3) is 0.375. The van der Waals surface area contributed by atoms with Crippen molar-refractivity contribution in [3.63, 3.8) is 0 Å². The average Bonchev–Trinajstić information content (AvgIpc) is 2.72. The van der Waals surface area contributed by atoms with Crippen LogP contribution in [0.2, 0.25) is 0 Å². The van der Waals surface area contributed by atoms with Crippen LogP contribution in [0.25, 0.3) is 0 Å². The zero-order valence-electron chi connectivity index (χ0n) is 16.3. The first kappa shape index (κ1) is 20.4. The number of rotatable bonds is 9. The van der Waals surface area contributed by atoms with E-state index < -0.39 is 17.5 Å². The van der Waals surface area contributed by atoms with Gasteiger partial charge in [0, 0.05) is 18.1 Å². The number of halogens is 2. The van der Waals surface area contributed by atoms with E-state index in [4.69, 9.17) is 4.74 Å². The van der Waals surface area contributed by atoms with Gasteiger partial charge in [0.25, 0.3) is 0 Å². The molecule has 0 N–H and O–H groups in total. The number of aryl methyl sites for hydroxylation is 1. The Morgan fingerprint density at radius 1 is 1.00 bits per heavy atom. The highest BCUT2D eigenvalue weighted by molar-refractivity contribution is 5.35. The molecule has 148 valence electrons. The molecule has 1 aromatic carbocycles. The molecule has 0 saturated heterocycles. The topological polar surface area (TPSA) is 22.1 Å². The first-order valence-electron chi connectivity index (χ1n) is 10.0. The van der Waals surface area contributed by atoms with Crippen LogP contribution in [0.4, 0.5) is 8.78 Å². The lowest BCUT2D eigenvalue weighted by atomic mass is 9.85. The van der Waals surface area contributed by atoms with Crippen molar-refractivity contribution in [2.45, 2.75) is 50.5 Å². The average molecular weight is 383 g/mol. The molecule has 1 aromatic heterocycles. The number of allylic oxidation sites excluding steroid dienone is 2. The summed E-state index contributed by atoms with van der Waals surface area (Å²) in [5.74, 6) is -1.33. The molecule has 0 aliphatic heterocycles. The number of hydrogen-bond acceptors (Lipinski definition) is 2. The zero-order chi connectivity index (χ0) is 19.8. The largest absolute Gasteiger partial charge is 0.367 e. The van der Waals surface area contributed by atoms with Gasteiger partial charge in [-0.05, 0) is 37.0 Å². The van der Waals surface area contributed by atoms with Crippen LogP contribution in [-0.4, -0.2) is 17.2 Å². The SMILES string of the molecule is CCCCCOC1(CCc2ccc(F)nc2F)C=CC(c2ccccc2)C=C1. The number of aromatic nitrogens is 1. The van der Waals surface area contributed by atoms with Crippen molar-refractivity contribution in [1.82, 2.24) is 4.98 Å². The van der Waals surface area contributed by atoms with Crippen LogP contribution in [0.15, 0.2) is 66.8 Å². The maximum atomic E-state index is 13.9. The zero-order valence-corrected chi connectivity index (χ0v) is 16.3. The summed E-state index contributed by atoms with van der Waals surface area (Å²) in [5.41, 5.74) is 1.06. The first-order valence-corrected chi connectivity index (χ1v) is 10.0. The summed E-state index contributed by atoms with van der Waals surface area (Å²) in [4.78, 5) is 3.29. The van der Waals surface area contributed by atoms with Crippen molar-refractivity contribution in [2.75, 3.05) is 6.61 Å². The second-order valence-corrected chi connectivity index (χ2v) is 7.25. The highest BCUT2D eigenvalue weighted by atomic mass is 19.1. The van der Waals surface area contributed by atoms with E-state index in [1.807, 2.05) is 18.2 Å². The molecular weight excluding hydrogens is 356 g/mol. The van der Waals surface area contributed by atoms with Gasteiger partial charge in [0.1, 0.15) is 5.60 Å². The highest BCUT2D eigenvalue weighted by Gasteiger charge is 2.28. The predicted molar refractivity (Wildman–Crippen MR) is 108 cm³/mol. The van der Waals surface area contributed by atoms with Gasteiger partial charge < -0.3 is 4.74 Å². The lowest BCUT2D eigenvalue weighted by Gasteiger charge is -2.32. The molecule has 4 heteroatoms. The maximum Gasteiger partial charge on any atom is 0.218 e. The number of ether oxygens (including phenoxy) is 1. The first-order chi connectivity index (χ1) is 13.6. The summed E-state index contributed by atoms with van der Waals surface area (Å²) >= 11 is 0. The summed E-state index contributed by atoms with van der Waals surface area (Å²) in [6, 6.07) is 12.9. The third-order valence-corrected chi connectivity index (χ3v) is 5.15. The number of benzene rings is 1. The molecule has 0 amide bonds. The fourth-order valence-corrected chi connectivity index (χ4v) is 3.46. The summed E-state index contributed by atoms with van der Waals surface area (Å²) in [5, 5.41) is 0. The van der Waals surface area contributed by atoms with E-state index >= 15 is 0 Å². The third-order valence-electron chi connectivity index (χ3n) is 5.15. The van der Waals surface area contributed by atoms with Crippen molar-refractivity contribution in [3.05, 3.63) is 89.8 Å². The van der Waals surface area contributed by atoms with Crippen LogP contribution in [0, 0.1) is 11.9 Å². The molecule has 3 rings (SSSR count). The molecule has 0 bridgehead atoms. The Kier molecular flexibility index (Phi) is 7.10. The van der Waals surface area contributed by atoms with Crippen LogP contribution in [0.5, 0.6) is 0 Å². The minimum atomic E-state index is -0.796. The molecule has 0 radical (unpaired) electrons. The van der Waals surface area contributed by atoms with Gasteiger partial charge in [0.2, 0.25) is 11.9 Å². The lowest BCUT2D eigenvalue weighted by molar-refractivity contribution is 0.0181. The molecule has 28 heavy (non-hydrogen) atoms. The number of nitrogens with zero attached hydrogens (tertiary/aromatic N) is 1. The lowest BCUT2D eigenvalue weighted by Crippen LogP contribution is -2.31. The van der Waals surface area contributed by atoms with Gasteiger partial charge in [-0.1, -0.05) is 74.4 Å². The molecule has 0 fully saturated rings. The quantitative estimate of drug-likeness (QED) is 0.294. The normalized spacial score (nSPS) is 21.2. The maximum absolute atomic E-state index is 13.9. The Bertz CT molecular complexity index is 803. The molecule has 0 unspecified atom stereocenters. The Hall–Kier alpha value is -2.33. The van der Waals surface area contributed by atoms with Crippen LogP contribution < -0.4 is 0 Å². The molecule has 1 aliphatic rings. The van der Waals surface area contributed by atoms with E-state index in [1.54, 1.807) is 0 Å². The molecule has 0 spiro atoms. The number of hydrogen-bond donors (Lipinski definition) is 0. The minimum Gasteiger partial charge on any atom is -0.367 e. The van der Waals surface area contributed by atoms with Crippen LogP contribution >= 0.6 is 0 Å². The van der Waals surface area contributed by atoms with Gasteiger partial charge in [0.05, 0.1) is 0 Å². The van der Waals surface area contributed by atoms with Gasteiger partial charge in [-0.2, -0.15) is 13.8 Å². The molecule has 2 aromatic rings. The van der Waals surface area contributed by atoms with E-state index in [0.29, 0.717) is 25.0 Å². The van der Waals surface area contributed by atoms with Crippen molar-refractivity contribution in [2.24, 2.45) is 0 Å². The Morgan fingerprint density at radius 3 is 2.43 bits per heavy atom. The van der Waals surface area contributed by atoms with Crippen LogP contribution in [0.1, 0.15) is 49.7 Å². The Labute approximate surface area is 166 Å². The van der Waals surface area contributed by atoms with Crippen LogP contribution in [0.3, 0.4) is 0 Å². The predicted octanol–water partition coefficient (Wildman–Crippen LogP) is 6.15. The highest BCUT2D eigenvalue weighted by Crippen LogP contribution is 2.32. The second-order valence-electron chi connectivity index (χ2n) is 7.25. The summed E-state index contributed by atoms with van der Waals surface area (Å²) in [6.45, 7) is 2.81. The smallest absolute Gasteiger partial charge is 0.218 e. The molecule has 1 aliphatic carbocycles. The third kappa shape index (κ3) is 5.35. The monoisotopic (exact) mass is 383 g/mol. The van der Waals surface area contributed by atoms with Crippen molar-refractivity contribution in [1.29, 1.82) is 0 Å². The minimum absolute atomic E-state index is 0.206. The Morgan fingerprint density at radius 2 is 1.75 bits per heavy atom. The van der Waals surface area contributed by atoms with Crippen molar-refractivity contribution < 1.29 is 13.5 Å². The Balaban J connectivity index is 1.72. The summed E-state index contributed by atoms with van der Waals surface area (Å²) in [7, 11) is 0. The van der Waals surface area contributed by atoms with E-state index in [1.165, 1.54) is 17.7 Å². The van der Waals surface area contributed by atoms with Gasteiger partial charge in [-0.3, -0.25) is 0 Å². The molecule has 1 heterocycles. The standard InChI is InChI=1S/C24H27F2NO/c1-2-3-7-18-28-24(17-14-21-10-11-22(25)27-23(21)26)15-12-20(13-16-24)19-8-5-4-6-9-19/h4-6,8-13,15-16,20H,2-3,7,14,17-18H2,1H3. The fourth-order valence-electron chi connectivity index (χ4n) is 3.46. The molecule has 0 atom stereocenters. The van der Waals surface area contributed by atoms with Crippen molar-refractivity contribution in [3.8, 4) is 0 Å². The van der Waals surface area contributed by atoms with E-state index in [2.05, 4.69) is 48.3 Å². The molecule has 2 nitrogen and oxygen atoms in total. The van der Waals surface area contributed by atoms with Crippen molar-refractivity contribution >= 4 is 0 Å². The molecular formula is C24H27F2NO. The number of unbranched alkanes of at least 4 members (excludes halogenated alkanes) is 2. The van der Waals surface area contributed by atoms with Gasteiger partial charge in [-0.15, -0.1) is 0 Å². The summed E-state index contributed by atoms with van der Waals surface area (Å²) < 4.78 is 33.3. The van der Waals surface area contributed by atoms with Crippen LogP contribution in [-0.2, 0) is 11.2 Å². The van der Waals surface area contributed by atoms with Gasteiger partial charge >= 0.3 is 0 Å². The van der Waals surface area contributed by atoms with E-state index in [9.17, 15) is 8.78 Å². The van der Waals surface area contributed by atoms with Gasteiger partial charge in [-0.25, -0.2) is 0 Å². The molecule has 0 saturated carbocycles. The van der Waals surface area contributed by atoms with E-state index in [-0.39, 0.29) is 5.92 Å². The summed E-state index contributed by atoms with van der Waals surface area (Å²) in [6.07, 6.45) is 12.7. The number of pyridine rings is 1. The van der Waals surface area contributed by atoms with E-state index in [0.717, 1.165) is 19.3 Å².